The Morgan fingerprint density at radius 1 is 1.13 bits per heavy atom. The highest BCUT2D eigenvalue weighted by molar-refractivity contribution is 5.88. The van der Waals surface area contributed by atoms with Crippen molar-refractivity contribution in [1.82, 2.24) is 0 Å². The van der Waals surface area contributed by atoms with Crippen molar-refractivity contribution in [3.8, 4) is 0 Å². The second-order valence-corrected chi connectivity index (χ2v) is 14.9. The lowest BCUT2D eigenvalue weighted by molar-refractivity contribution is -0.246. The maximum absolute atomic E-state index is 12.8. The first-order valence-electron chi connectivity index (χ1n) is 15.7. The van der Waals surface area contributed by atoms with Gasteiger partial charge in [-0.2, -0.15) is 0 Å². The summed E-state index contributed by atoms with van der Waals surface area (Å²) >= 11 is 0. The van der Waals surface area contributed by atoms with Gasteiger partial charge in [0.05, 0.1) is 11.9 Å². The molecule has 2 N–H and O–H groups in total. The number of carbonyl (C=O) groups is 1. The molecule has 220 valence electrons. The monoisotopic (exact) mass is 540 g/mol. The van der Waals surface area contributed by atoms with Crippen molar-refractivity contribution in [3.63, 3.8) is 0 Å². The number of aliphatic carboxylic acids is 1. The predicted molar refractivity (Wildman–Crippen MR) is 159 cm³/mol. The topological polar surface area (TPSA) is 66.8 Å². The van der Waals surface area contributed by atoms with Crippen LogP contribution in [0.2, 0.25) is 0 Å². The van der Waals surface area contributed by atoms with E-state index >= 15 is 0 Å². The number of allylic oxidation sites excluding steroid dienone is 3. The smallest absolute Gasteiger partial charge is 0.331 e. The molecule has 0 spiro atoms. The number of rotatable bonds is 7. The molecule has 0 radical (unpaired) electrons. The van der Waals surface area contributed by atoms with E-state index in [2.05, 4.69) is 68.0 Å². The fourth-order valence-corrected chi connectivity index (χ4v) is 10.9. The van der Waals surface area contributed by atoms with Crippen LogP contribution in [0, 0.1) is 51.8 Å². The summed E-state index contributed by atoms with van der Waals surface area (Å²) in [5.74, 6) is 2.59. The maximum Gasteiger partial charge on any atom is 0.331 e. The number of aliphatic hydroxyl groups is 1. The summed E-state index contributed by atoms with van der Waals surface area (Å²) in [5, 5.41) is 22.7. The van der Waals surface area contributed by atoms with E-state index in [1.54, 1.807) is 0 Å². The van der Waals surface area contributed by atoms with E-state index in [0.29, 0.717) is 48.3 Å². The van der Waals surface area contributed by atoms with E-state index in [-0.39, 0.29) is 34.2 Å². The van der Waals surface area contributed by atoms with E-state index in [1.165, 1.54) is 18.4 Å². The lowest BCUT2D eigenvalue weighted by Gasteiger charge is -2.70. The SMILES string of the molecule is C=C(C)OC1C[C@@]2(C)[C@@H](C[C@@H](O)[C@H]3[C@@]4(C)C(CC)C[C@@H](C)[C@H](C)[C@@H]4CC[C@@]32C)/C1=C(\CCC=C(C)C)C(=O)O. The summed E-state index contributed by atoms with van der Waals surface area (Å²) < 4.78 is 6.39. The van der Waals surface area contributed by atoms with Crippen molar-refractivity contribution >= 4 is 5.97 Å². The number of carboxylic acids is 1. The Morgan fingerprint density at radius 3 is 2.36 bits per heavy atom. The molecule has 2 unspecified atom stereocenters. The van der Waals surface area contributed by atoms with Crippen LogP contribution in [-0.2, 0) is 9.53 Å². The van der Waals surface area contributed by atoms with Crippen LogP contribution in [0.15, 0.2) is 35.1 Å². The Hall–Kier alpha value is -1.55. The van der Waals surface area contributed by atoms with E-state index < -0.39 is 12.1 Å². The predicted octanol–water partition coefficient (Wildman–Crippen LogP) is 8.56. The average molecular weight is 541 g/mol. The molecule has 4 fully saturated rings. The van der Waals surface area contributed by atoms with Gasteiger partial charge in [-0.05, 0) is 123 Å². The molecule has 4 heteroatoms. The van der Waals surface area contributed by atoms with Crippen LogP contribution in [0.1, 0.15) is 114 Å². The van der Waals surface area contributed by atoms with Gasteiger partial charge in [-0.1, -0.05) is 66.2 Å². The molecule has 0 aromatic heterocycles. The molecule has 0 aromatic carbocycles. The zero-order valence-electron chi connectivity index (χ0n) is 26.3. The number of fused-ring (bicyclic) bond motifs is 5. The van der Waals surface area contributed by atoms with E-state index in [4.69, 9.17) is 4.74 Å². The first kappa shape index (κ1) is 30.4. The molecule has 4 aliphatic rings. The van der Waals surface area contributed by atoms with Gasteiger partial charge in [-0.15, -0.1) is 0 Å². The molecule has 39 heavy (non-hydrogen) atoms. The first-order chi connectivity index (χ1) is 18.1. The standard InChI is InChI=1S/C35H56O4/c1-11-24-17-22(6)23(7)26-15-16-33(8)31(35(24,26)10)28(36)18-27-30(25(32(37)38)14-12-13-20(2)3)29(39-21(4)5)19-34(27,33)9/h13,22-24,26-29,31,36H,4,11-12,14-19H2,1-3,5-10H3,(H,37,38)/b30-25-/t22-,23+,24?,26+,27+,28-,29?,31-,33+,34+,35+/m1/s1. The Balaban J connectivity index is 1.86. The van der Waals surface area contributed by atoms with Crippen LogP contribution >= 0.6 is 0 Å². The Bertz CT molecular complexity index is 1040. The highest BCUT2D eigenvalue weighted by atomic mass is 16.5. The average Bonchev–Trinajstić information content (AvgIpc) is 3.10. The van der Waals surface area contributed by atoms with Crippen molar-refractivity contribution < 1.29 is 19.7 Å². The van der Waals surface area contributed by atoms with Gasteiger partial charge in [0.25, 0.3) is 0 Å². The fourth-order valence-electron chi connectivity index (χ4n) is 10.9. The van der Waals surface area contributed by atoms with E-state index in [9.17, 15) is 15.0 Å². The van der Waals surface area contributed by atoms with Gasteiger partial charge in [-0.25, -0.2) is 4.79 Å². The summed E-state index contributed by atoms with van der Waals surface area (Å²) in [6.07, 6.45) is 8.67. The lowest BCUT2D eigenvalue weighted by Crippen LogP contribution is -2.67. The van der Waals surface area contributed by atoms with Gasteiger partial charge < -0.3 is 14.9 Å². The van der Waals surface area contributed by atoms with Crippen LogP contribution in [0.3, 0.4) is 0 Å². The fraction of sp³-hybridized carbons (Fsp3) is 0.800. The Kier molecular flexibility index (Phi) is 8.34. The molecule has 0 amide bonds. The third-order valence-corrected chi connectivity index (χ3v) is 12.9. The normalized spacial score (nSPS) is 46.4. The molecule has 4 nitrogen and oxygen atoms in total. The molecule has 11 atom stereocenters. The molecule has 0 aliphatic heterocycles. The molecule has 4 aliphatic carbocycles. The molecular formula is C35H56O4. The summed E-state index contributed by atoms with van der Waals surface area (Å²) in [6, 6.07) is 0. The van der Waals surface area contributed by atoms with Crippen LogP contribution in [-0.4, -0.2) is 28.4 Å². The van der Waals surface area contributed by atoms with Crippen molar-refractivity contribution in [1.29, 1.82) is 0 Å². The van der Waals surface area contributed by atoms with Gasteiger partial charge in [0, 0.05) is 5.57 Å². The van der Waals surface area contributed by atoms with Crippen LogP contribution < -0.4 is 0 Å². The zero-order valence-corrected chi connectivity index (χ0v) is 26.3. The third-order valence-electron chi connectivity index (χ3n) is 12.9. The van der Waals surface area contributed by atoms with Crippen molar-refractivity contribution in [2.45, 2.75) is 126 Å². The second kappa shape index (κ2) is 10.7. The molecule has 4 saturated carbocycles. The Morgan fingerprint density at radius 2 is 1.79 bits per heavy atom. The third kappa shape index (κ3) is 4.65. The number of aliphatic hydroxyl groups excluding tert-OH is 1. The highest BCUT2D eigenvalue weighted by Gasteiger charge is 2.71. The second-order valence-electron chi connectivity index (χ2n) is 14.9. The molecular weight excluding hydrogens is 484 g/mol. The lowest BCUT2D eigenvalue weighted by atomic mass is 9.34. The van der Waals surface area contributed by atoms with E-state index in [0.717, 1.165) is 30.8 Å². The minimum atomic E-state index is -0.842. The van der Waals surface area contributed by atoms with Crippen LogP contribution in [0.25, 0.3) is 0 Å². The number of hydrogen-bond acceptors (Lipinski definition) is 3. The quantitative estimate of drug-likeness (QED) is 0.193. The van der Waals surface area contributed by atoms with Gasteiger partial charge in [-0.3, -0.25) is 0 Å². The largest absolute Gasteiger partial charge is 0.491 e. The molecule has 0 heterocycles. The summed E-state index contributed by atoms with van der Waals surface area (Å²) in [5.41, 5.74) is 2.45. The number of carboxylic acid groups (broad SMARTS) is 1. The van der Waals surface area contributed by atoms with Gasteiger partial charge >= 0.3 is 5.97 Å². The Labute approximate surface area is 238 Å². The van der Waals surface area contributed by atoms with Gasteiger partial charge in [0.15, 0.2) is 0 Å². The summed E-state index contributed by atoms with van der Waals surface area (Å²) in [7, 11) is 0. The first-order valence-corrected chi connectivity index (χ1v) is 15.7. The number of ether oxygens (including phenoxy) is 1. The minimum absolute atomic E-state index is 0.00364. The van der Waals surface area contributed by atoms with E-state index in [1.807, 2.05) is 6.92 Å². The van der Waals surface area contributed by atoms with Gasteiger partial charge in [0.1, 0.15) is 6.10 Å². The molecule has 4 rings (SSSR count). The maximum atomic E-state index is 12.8. The molecule has 0 aromatic rings. The highest BCUT2D eigenvalue weighted by Crippen LogP contribution is 2.75. The molecule has 0 saturated heterocycles. The summed E-state index contributed by atoms with van der Waals surface area (Å²) in [6.45, 7) is 24.7. The van der Waals surface area contributed by atoms with Crippen molar-refractivity contribution in [2.24, 2.45) is 51.8 Å². The van der Waals surface area contributed by atoms with Crippen molar-refractivity contribution in [3.05, 3.63) is 35.1 Å². The minimum Gasteiger partial charge on any atom is -0.491 e. The van der Waals surface area contributed by atoms with Crippen molar-refractivity contribution in [2.75, 3.05) is 0 Å². The number of hydrogen-bond donors (Lipinski definition) is 2. The van der Waals surface area contributed by atoms with Crippen LogP contribution in [0.4, 0.5) is 0 Å². The van der Waals surface area contributed by atoms with Gasteiger partial charge in [0.2, 0.25) is 0 Å². The summed E-state index contributed by atoms with van der Waals surface area (Å²) in [4.78, 5) is 12.8. The van der Waals surface area contributed by atoms with Crippen LogP contribution in [0.5, 0.6) is 0 Å². The zero-order chi connectivity index (χ0) is 29.1. The molecule has 0 bridgehead atoms.